The van der Waals surface area contributed by atoms with Crippen molar-refractivity contribution in [1.82, 2.24) is 9.29 Å². The minimum absolute atomic E-state index is 0.175. The van der Waals surface area contributed by atoms with E-state index in [9.17, 15) is 13.2 Å². The second-order valence-electron chi connectivity index (χ2n) is 6.64. The predicted molar refractivity (Wildman–Crippen MR) is 117 cm³/mol. The first-order valence-electron chi connectivity index (χ1n) is 9.00. The van der Waals surface area contributed by atoms with E-state index in [0.29, 0.717) is 39.4 Å². The number of thiophene rings is 1. The Bertz CT molecular complexity index is 1110. The first-order chi connectivity index (χ1) is 13.9. The molecule has 4 rings (SSSR count). The van der Waals surface area contributed by atoms with E-state index < -0.39 is 15.9 Å². The average Bonchev–Trinajstić information content (AvgIpc) is 3.41. The Morgan fingerprint density at radius 2 is 2.03 bits per heavy atom. The van der Waals surface area contributed by atoms with Crippen LogP contribution in [0.1, 0.15) is 12.8 Å². The third-order valence-electron chi connectivity index (χ3n) is 4.73. The number of thiazole rings is 1. The molecule has 1 fully saturated rings. The lowest BCUT2D eigenvalue weighted by molar-refractivity contribution is -0.120. The molecule has 1 atom stereocenters. The number of halogens is 1. The van der Waals surface area contributed by atoms with Crippen LogP contribution in [0.5, 0.6) is 0 Å². The fraction of sp³-hybridized carbons (Fsp3) is 0.263. The lowest BCUT2D eigenvalue weighted by atomic mass is 9.99. The number of hydrogen-bond acceptors (Lipinski definition) is 6. The molecule has 0 bridgehead atoms. The molecule has 1 amide bonds. The van der Waals surface area contributed by atoms with Gasteiger partial charge in [-0.2, -0.15) is 4.31 Å². The van der Waals surface area contributed by atoms with Crippen molar-refractivity contribution in [3.63, 3.8) is 0 Å². The molecule has 3 heterocycles. The van der Waals surface area contributed by atoms with Crippen molar-refractivity contribution in [2.45, 2.75) is 17.1 Å². The summed E-state index contributed by atoms with van der Waals surface area (Å²) in [4.78, 5) is 17.2. The quantitative estimate of drug-likeness (QED) is 0.596. The number of hydrogen-bond donors (Lipinski definition) is 1. The Morgan fingerprint density at radius 3 is 2.79 bits per heavy atom. The molecule has 1 N–H and O–H groups in total. The van der Waals surface area contributed by atoms with Gasteiger partial charge in [-0.05, 0) is 30.4 Å². The number of anilines is 1. The smallest absolute Gasteiger partial charge is 0.252 e. The standard InChI is InChI=1S/C19H18ClN3O3S3/c20-15-7-2-1-6-14(15)16-12-28-19(21-16)22-18(24)13-5-3-9-23(11-13)29(25,26)17-8-4-10-27-17/h1-2,4,6-8,10,12-13H,3,5,9,11H2,(H,21,22,24). The van der Waals surface area contributed by atoms with Crippen LogP contribution in [0.3, 0.4) is 0 Å². The fourth-order valence-corrected chi connectivity index (χ4v) is 6.86. The molecule has 29 heavy (non-hydrogen) atoms. The molecule has 1 saturated heterocycles. The molecule has 0 saturated carbocycles. The third-order valence-corrected chi connectivity index (χ3v) is 9.05. The van der Waals surface area contributed by atoms with Crippen molar-refractivity contribution >= 4 is 55.3 Å². The number of carbonyl (C=O) groups is 1. The maximum Gasteiger partial charge on any atom is 0.252 e. The summed E-state index contributed by atoms with van der Waals surface area (Å²) in [6, 6.07) is 10.7. The summed E-state index contributed by atoms with van der Waals surface area (Å²) in [6.45, 7) is 0.604. The lowest BCUT2D eigenvalue weighted by Gasteiger charge is -2.30. The normalized spacial score (nSPS) is 17.9. The monoisotopic (exact) mass is 467 g/mol. The van der Waals surface area contributed by atoms with Crippen LogP contribution in [-0.2, 0) is 14.8 Å². The maximum absolute atomic E-state index is 12.7. The van der Waals surface area contributed by atoms with Crippen molar-refractivity contribution in [3.05, 3.63) is 52.2 Å². The van der Waals surface area contributed by atoms with Gasteiger partial charge in [0.1, 0.15) is 4.21 Å². The molecule has 2 aromatic heterocycles. The topological polar surface area (TPSA) is 79.4 Å². The number of carbonyl (C=O) groups excluding carboxylic acids is 1. The molecule has 1 aliphatic rings. The highest BCUT2D eigenvalue weighted by Gasteiger charge is 2.34. The molecular formula is C19H18ClN3O3S3. The van der Waals surface area contributed by atoms with Gasteiger partial charge in [0.25, 0.3) is 10.0 Å². The molecule has 0 aliphatic carbocycles. The van der Waals surface area contributed by atoms with E-state index in [1.54, 1.807) is 23.6 Å². The molecule has 3 aromatic rings. The summed E-state index contributed by atoms with van der Waals surface area (Å²) < 4.78 is 27.2. The van der Waals surface area contributed by atoms with E-state index in [0.717, 1.165) is 5.56 Å². The number of sulfonamides is 1. The molecule has 1 aliphatic heterocycles. The number of piperidine rings is 1. The molecule has 1 unspecified atom stereocenters. The predicted octanol–water partition coefficient (Wildman–Crippen LogP) is 4.56. The minimum atomic E-state index is -3.55. The van der Waals surface area contributed by atoms with Crippen molar-refractivity contribution in [1.29, 1.82) is 0 Å². The van der Waals surface area contributed by atoms with Gasteiger partial charge < -0.3 is 5.32 Å². The second kappa shape index (κ2) is 8.53. The summed E-state index contributed by atoms with van der Waals surface area (Å²) in [6.07, 6.45) is 1.29. The van der Waals surface area contributed by atoms with Crippen LogP contribution in [0.15, 0.2) is 51.4 Å². The number of nitrogens with one attached hydrogen (secondary N) is 1. The first kappa shape index (κ1) is 20.5. The number of amides is 1. The van der Waals surface area contributed by atoms with Crippen LogP contribution < -0.4 is 5.32 Å². The molecule has 152 valence electrons. The van der Waals surface area contributed by atoms with Crippen LogP contribution in [-0.4, -0.2) is 36.7 Å². The Balaban J connectivity index is 1.45. The minimum Gasteiger partial charge on any atom is -0.302 e. The van der Waals surface area contributed by atoms with E-state index in [4.69, 9.17) is 11.6 Å². The van der Waals surface area contributed by atoms with Crippen LogP contribution in [0.25, 0.3) is 11.3 Å². The van der Waals surface area contributed by atoms with E-state index >= 15 is 0 Å². The summed E-state index contributed by atoms with van der Waals surface area (Å²) in [7, 11) is -3.55. The summed E-state index contributed by atoms with van der Waals surface area (Å²) in [5.74, 6) is -0.623. The fourth-order valence-electron chi connectivity index (χ4n) is 3.24. The summed E-state index contributed by atoms with van der Waals surface area (Å²) >= 11 is 8.72. The number of nitrogens with zero attached hydrogens (tertiary/aromatic N) is 2. The van der Waals surface area contributed by atoms with Crippen LogP contribution in [0.4, 0.5) is 5.13 Å². The van der Waals surface area contributed by atoms with Crippen molar-refractivity contribution in [3.8, 4) is 11.3 Å². The van der Waals surface area contributed by atoms with E-state index in [-0.39, 0.29) is 12.5 Å². The highest BCUT2D eigenvalue weighted by Crippen LogP contribution is 2.31. The zero-order valence-electron chi connectivity index (χ0n) is 15.2. The van der Waals surface area contributed by atoms with Gasteiger partial charge in [-0.25, -0.2) is 13.4 Å². The number of rotatable bonds is 5. The van der Waals surface area contributed by atoms with Gasteiger partial charge in [0.05, 0.1) is 11.6 Å². The lowest BCUT2D eigenvalue weighted by Crippen LogP contribution is -2.43. The number of aromatic nitrogens is 1. The first-order valence-corrected chi connectivity index (χ1v) is 12.6. The van der Waals surface area contributed by atoms with Gasteiger partial charge in [0, 0.05) is 29.1 Å². The Morgan fingerprint density at radius 1 is 1.21 bits per heavy atom. The number of benzene rings is 1. The van der Waals surface area contributed by atoms with E-state index in [1.165, 1.54) is 27.0 Å². The molecule has 6 nitrogen and oxygen atoms in total. The second-order valence-corrected chi connectivity index (χ2v) is 11.0. The Kier molecular flexibility index (Phi) is 6.03. The van der Waals surface area contributed by atoms with Gasteiger partial charge in [-0.1, -0.05) is 35.9 Å². The van der Waals surface area contributed by atoms with Crippen LogP contribution in [0.2, 0.25) is 5.02 Å². The maximum atomic E-state index is 12.7. The molecule has 0 spiro atoms. The zero-order chi connectivity index (χ0) is 20.4. The van der Waals surface area contributed by atoms with Gasteiger partial charge in [-0.15, -0.1) is 22.7 Å². The molecular weight excluding hydrogens is 450 g/mol. The van der Waals surface area contributed by atoms with Crippen molar-refractivity contribution < 1.29 is 13.2 Å². The van der Waals surface area contributed by atoms with Crippen molar-refractivity contribution in [2.24, 2.45) is 5.92 Å². The molecule has 10 heteroatoms. The van der Waals surface area contributed by atoms with Gasteiger partial charge in [0.15, 0.2) is 5.13 Å². The van der Waals surface area contributed by atoms with Gasteiger partial charge in [0.2, 0.25) is 5.91 Å². The van der Waals surface area contributed by atoms with Crippen LogP contribution >= 0.6 is 34.3 Å². The summed E-state index contributed by atoms with van der Waals surface area (Å²) in [5.41, 5.74) is 1.50. The third kappa shape index (κ3) is 4.39. The van der Waals surface area contributed by atoms with E-state index in [1.807, 2.05) is 23.6 Å². The van der Waals surface area contributed by atoms with Gasteiger partial charge in [-0.3, -0.25) is 4.79 Å². The highest BCUT2D eigenvalue weighted by atomic mass is 35.5. The SMILES string of the molecule is O=C(Nc1nc(-c2ccccc2Cl)cs1)C1CCCN(S(=O)(=O)c2cccs2)C1. The van der Waals surface area contributed by atoms with E-state index in [2.05, 4.69) is 10.3 Å². The van der Waals surface area contributed by atoms with Gasteiger partial charge >= 0.3 is 0 Å². The molecule has 1 aromatic carbocycles. The average molecular weight is 468 g/mol. The van der Waals surface area contributed by atoms with Crippen molar-refractivity contribution in [2.75, 3.05) is 18.4 Å². The zero-order valence-corrected chi connectivity index (χ0v) is 18.5. The largest absolute Gasteiger partial charge is 0.302 e. The summed E-state index contributed by atoms with van der Waals surface area (Å²) in [5, 5.41) is 7.48. The van der Waals surface area contributed by atoms with Crippen LogP contribution in [0, 0.1) is 5.92 Å². The Hall–Kier alpha value is -1.78. The Labute approximate surface area is 182 Å². The highest BCUT2D eigenvalue weighted by molar-refractivity contribution is 7.91. The molecule has 0 radical (unpaired) electrons.